The Balaban J connectivity index is -0.000000138. The Morgan fingerprint density at radius 1 is 1.00 bits per heavy atom. The highest BCUT2D eigenvalue weighted by Crippen LogP contribution is 1.95. The molecule has 0 saturated carbocycles. The van der Waals surface area contributed by atoms with Gasteiger partial charge in [0.05, 0.1) is 0 Å². The van der Waals surface area contributed by atoms with Gasteiger partial charge in [-0.1, -0.05) is 39.5 Å². The maximum atomic E-state index is 8.74. The van der Waals surface area contributed by atoms with E-state index in [4.69, 9.17) is 17.5 Å². The van der Waals surface area contributed by atoms with Crippen LogP contribution in [0.25, 0.3) is 0 Å². The molecule has 0 heterocycles. The van der Waals surface area contributed by atoms with Crippen LogP contribution < -0.4 is 5.32 Å². The Labute approximate surface area is 87.5 Å². The summed E-state index contributed by atoms with van der Waals surface area (Å²) in [7, 11) is -0.917. The van der Waals surface area contributed by atoms with Crippen molar-refractivity contribution in [1.29, 1.82) is 0 Å². The molecule has 3 N–H and O–H groups in total. The van der Waals surface area contributed by atoms with Gasteiger partial charge >= 0.3 is 10.4 Å². The van der Waals surface area contributed by atoms with Gasteiger partial charge in [-0.3, -0.25) is 9.11 Å². The molecule has 0 radical (unpaired) electrons. The number of unbranched alkanes of at least 4 members (excludes halogenated alkanes) is 3. The molecule has 5 nitrogen and oxygen atoms in total. The van der Waals surface area contributed by atoms with Gasteiger partial charge in [0.1, 0.15) is 0 Å². The first kappa shape index (κ1) is 19.4. The summed E-state index contributed by atoms with van der Waals surface area (Å²) in [4.78, 5) is 0. The zero-order chi connectivity index (χ0) is 12.0. The van der Waals surface area contributed by atoms with Gasteiger partial charge in [0.2, 0.25) is 0 Å². The van der Waals surface area contributed by atoms with Crippen molar-refractivity contribution in [2.75, 3.05) is 14.1 Å². The molecule has 6 heteroatoms. The van der Waals surface area contributed by atoms with Crippen LogP contribution in [0.2, 0.25) is 0 Å². The second kappa shape index (κ2) is 15.3. The predicted octanol–water partition coefficient (Wildman–Crippen LogP) is 1.77. The summed E-state index contributed by atoms with van der Waals surface area (Å²) < 4.78 is 31.6. The highest BCUT2D eigenvalue weighted by molar-refractivity contribution is 7.79. The van der Waals surface area contributed by atoms with Crippen molar-refractivity contribution in [2.45, 2.75) is 39.5 Å². The lowest BCUT2D eigenvalue weighted by atomic mass is 10.2. The van der Waals surface area contributed by atoms with Gasteiger partial charge in [0, 0.05) is 0 Å². The number of nitrogens with one attached hydrogen (secondary N) is 1. The van der Waals surface area contributed by atoms with Crippen LogP contribution in [-0.4, -0.2) is 31.6 Å². The second-order valence-corrected chi connectivity index (χ2v) is 3.55. The molecule has 0 rings (SSSR count). The molecule has 0 spiro atoms. The van der Waals surface area contributed by atoms with Crippen molar-refractivity contribution in [2.24, 2.45) is 0 Å². The van der Waals surface area contributed by atoms with E-state index in [-0.39, 0.29) is 0 Å². The van der Waals surface area contributed by atoms with E-state index < -0.39 is 10.4 Å². The van der Waals surface area contributed by atoms with Gasteiger partial charge in [-0.2, -0.15) is 8.42 Å². The quantitative estimate of drug-likeness (QED) is 0.507. The van der Waals surface area contributed by atoms with E-state index in [0.717, 1.165) is 0 Å². The van der Waals surface area contributed by atoms with Crippen LogP contribution in [0, 0.1) is 0 Å². The van der Waals surface area contributed by atoms with Gasteiger partial charge in [-0.25, -0.2) is 0 Å². The molecule has 90 valence electrons. The average Bonchev–Trinajstić information content (AvgIpc) is 1.99. The van der Waals surface area contributed by atoms with Crippen molar-refractivity contribution in [3.05, 3.63) is 0 Å². The van der Waals surface area contributed by atoms with E-state index in [9.17, 15) is 0 Å². The van der Waals surface area contributed by atoms with E-state index in [1.165, 1.54) is 25.7 Å². The van der Waals surface area contributed by atoms with Gasteiger partial charge in [-0.05, 0) is 14.1 Å². The molecule has 0 amide bonds. The fourth-order valence-corrected chi connectivity index (χ4v) is 0.500. The van der Waals surface area contributed by atoms with Crippen LogP contribution in [0.15, 0.2) is 0 Å². The first-order valence-corrected chi connectivity index (χ1v) is 6.01. The summed E-state index contributed by atoms with van der Waals surface area (Å²) in [6.45, 7) is 4.46. The van der Waals surface area contributed by atoms with Gasteiger partial charge in [0.25, 0.3) is 0 Å². The summed E-state index contributed by atoms with van der Waals surface area (Å²) in [5, 5.41) is 2.75. The minimum atomic E-state index is -4.67. The lowest BCUT2D eigenvalue weighted by Crippen LogP contribution is -1.89. The van der Waals surface area contributed by atoms with Crippen LogP contribution in [0.1, 0.15) is 39.5 Å². The molecular formula is C8H23NO4S. The molecule has 0 saturated heterocycles. The first-order chi connectivity index (χ1) is 6.33. The number of rotatable bonds is 3. The third kappa shape index (κ3) is 173. The standard InChI is InChI=1S/C6H14.C2H7N.H2O4S/c1-3-5-6-4-2;1-3-2;1-5(2,3)4/h3-6H2,1-2H3;3H,1-2H3;(H2,1,2,3,4). The van der Waals surface area contributed by atoms with Crippen LogP contribution in [-0.2, 0) is 10.4 Å². The molecule has 14 heavy (non-hydrogen) atoms. The minimum Gasteiger partial charge on any atom is -0.323 e. The van der Waals surface area contributed by atoms with E-state index >= 15 is 0 Å². The normalized spacial score (nSPS) is 9.29. The Morgan fingerprint density at radius 2 is 1.14 bits per heavy atom. The van der Waals surface area contributed by atoms with E-state index in [0.29, 0.717) is 0 Å². The second-order valence-electron chi connectivity index (χ2n) is 2.65. The van der Waals surface area contributed by atoms with E-state index in [1.54, 1.807) is 0 Å². The molecule has 0 aromatic rings. The fraction of sp³-hybridized carbons (Fsp3) is 1.00. The Morgan fingerprint density at radius 3 is 1.21 bits per heavy atom. The highest BCUT2D eigenvalue weighted by Gasteiger charge is 1.84. The smallest absolute Gasteiger partial charge is 0.323 e. The lowest BCUT2D eigenvalue weighted by molar-refractivity contribution is 0.381. The first-order valence-electron chi connectivity index (χ1n) is 4.61. The predicted molar refractivity (Wildman–Crippen MR) is 59.0 cm³/mol. The summed E-state index contributed by atoms with van der Waals surface area (Å²) in [5.41, 5.74) is 0. The molecule has 0 aromatic carbocycles. The van der Waals surface area contributed by atoms with Gasteiger partial charge in [0.15, 0.2) is 0 Å². The van der Waals surface area contributed by atoms with Crippen molar-refractivity contribution in [1.82, 2.24) is 5.32 Å². The zero-order valence-electron chi connectivity index (χ0n) is 9.45. The van der Waals surface area contributed by atoms with Crippen LogP contribution in [0.5, 0.6) is 0 Å². The molecule has 0 aliphatic carbocycles. The summed E-state index contributed by atoms with van der Waals surface area (Å²) in [5.74, 6) is 0. The minimum absolute atomic E-state index is 1.36. The molecule has 0 unspecified atom stereocenters. The highest BCUT2D eigenvalue weighted by atomic mass is 32.3. The average molecular weight is 229 g/mol. The van der Waals surface area contributed by atoms with Crippen LogP contribution >= 0.6 is 0 Å². The SMILES string of the molecule is CCCCCC.CNC.O=S(=O)(O)O. The third-order valence-corrected chi connectivity index (χ3v) is 0.957. The van der Waals surface area contributed by atoms with Crippen molar-refractivity contribution in [3.8, 4) is 0 Å². The Bertz CT molecular complexity index is 156. The molecule has 0 bridgehead atoms. The lowest BCUT2D eigenvalue weighted by Gasteiger charge is -1.86. The van der Waals surface area contributed by atoms with E-state index in [2.05, 4.69) is 19.2 Å². The number of hydrogen-bond acceptors (Lipinski definition) is 3. The zero-order valence-corrected chi connectivity index (χ0v) is 10.3. The summed E-state index contributed by atoms with van der Waals surface area (Å²) in [6, 6.07) is 0. The molecule has 0 atom stereocenters. The largest absolute Gasteiger partial charge is 0.394 e. The molecule has 0 aliphatic heterocycles. The fourth-order valence-electron chi connectivity index (χ4n) is 0.500. The Hall–Kier alpha value is -0.170. The molecular weight excluding hydrogens is 206 g/mol. The summed E-state index contributed by atoms with van der Waals surface area (Å²) in [6.07, 6.45) is 5.54. The van der Waals surface area contributed by atoms with Gasteiger partial charge in [-0.15, -0.1) is 0 Å². The van der Waals surface area contributed by atoms with Crippen LogP contribution in [0.3, 0.4) is 0 Å². The maximum absolute atomic E-state index is 8.74. The Kier molecular flexibility index (Phi) is 21.2. The summed E-state index contributed by atoms with van der Waals surface area (Å²) >= 11 is 0. The van der Waals surface area contributed by atoms with Crippen molar-refractivity contribution < 1.29 is 17.5 Å². The molecule has 0 aliphatic rings. The number of hydrogen-bond donors (Lipinski definition) is 3. The molecule has 0 fully saturated rings. The van der Waals surface area contributed by atoms with Gasteiger partial charge < -0.3 is 5.32 Å². The third-order valence-electron chi connectivity index (χ3n) is 0.957. The van der Waals surface area contributed by atoms with Crippen molar-refractivity contribution >= 4 is 10.4 Å². The van der Waals surface area contributed by atoms with E-state index in [1.807, 2.05) is 14.1 Å². The monoisotopic (exact) mass is 229 g/mol. The maximum Gasteiger partial charge on any atom is 0.394 e. The topological polar surface area (TPSA) is 86.6 Å². The molecule has 0 aromatic heterocycles. The van der Waals surface area contributed by atoms with Crippen molar-refractivity contribution in [3.63, 3.8) is 0 Å². The van der Waals surface area contributed by atoms with Crippen LogP contribution in [0.4, 0.5) is 0 Å².